The maximum Gasteiger partial charge on any atom is 0.240 e. The molecule has 0 aliphatic carbocycles. The minimum Gasteiger partial charge on any atom is -0.369 e. The van der Waals surface area contributed by atoms with Crippen molar-refractivity contribution in [3.8, 4) is 0 Å². The van der Waals surface area contributed by atoms with Crippen molar-refractivity contribution in [2.75, 3.05) is 17.2 Å². The topological polar surface area (TPSA) is 92.9 Å². The first-order valence-electron chi connectivity index (χ1n) is 5.66. The van der Waals surface area contributed by atoms with Gasteiger partial charge in [0.25, 0.3) is 0 Å². The molecule has 0 saturated carbocycles. The SMILES string of the molecule is CCNc1cncc(NC(C(N)=O)C(C)C)n1. The summed E-state index contributed by atoms with van der Waals surface area (Å²) in [5, 5.41) is 6.04. The van der Waals surface area contributed by atoms with Crippen molar-refractivity contribution in [2.45, 2.75) is 26.8 Å². The van der Waals surface area contributed by atoms with Crippen LogP contribution in [0.1, 0.15) is 20.8 Å². The second-order valence-corrected chi connectivity index (χ2v) is 4.09. The molecule has 6 nitrogen and oxygen atoms in total. The van der Waals surface area contributed by atoms with E-state index in [1.165, 1.54) is 0 Å². The number of aromatic nitrogens is 2. The molecule has 0 spiro atoms. The van der Waals surface area contributed by atoms with Gasteiger partial charge in [0.1, 0.15) is 17.7 Å². The molecule has 1 aromatic rings. The molecule has 0 radical (unpaired) electrons. The van der Waals surface area contributed by atoms with Gasteiger partial charge in [-0.1, -0.05) is 13.8 Å². The Morgan fingerprint density at radius 2 is 2.06 bits per heavy atom. The molecule has 0 saturated heterocycles. The Hall–Kier alpha value is -1.85. The van der Waals surface area contributed by atoms with Gasteiger partial charge in [0.2, 0.25) is 5.91 Å². The zero-order chi connectivity index (χ0) is 12.8. The molecule has 0 aromatic carbocycles. The first-order valence-corrected chi connectivity index (χ1v) is 5.66. The second-order valence-electron chi connectivity index (χ2n) is 4.09. The third kappa shape index (κ3) is 3.90. The number of hydrogen-bond donors (Lipinski definition) is 3. The van der Waals surface area contributed by atoms with Gasteiger partial charge in [0.15, 0.2) is 0 Å². The van der Waals surface area contributed by atoms with E-state index < -0.39 is 11.9 Å². The van der Waals surface area contributed by atoms with Gasteiger partial charge in [-0.25, -0.2) is 4.98 Å². The van der Waals surface area contributed by atoms with Crippen molar-refractivity contribution in [1.82, 2.24) is 9.97 Å². The molecule has 94 valence electrons. The van der Waals surface area contributed by atoms with Crippen LogP contribution in [0.5, 0.6) is 0 Å². The van der Waals surface area contributed by atoms with Gasteiger partial charge < -0.3 is 16.4 Å². The largest absolute Gasteiger partial charge is 0.369 e. The van der Waals surface area contributed by atoms with E-state index in [1.807, 2.05) is 20.8 Å². The van der Waals surface area contributed by atoms with E-state index >= 15 is 0 Å². The van der Waals surface area contributed by atoms with Gasteiger partial charge in [-0.05, 0) is 12.8 Å². The highest BCUT2D eigenvalue weighted by atomic mass is 16.1. The summed E-state index contributed by atoms with van der Waals surface area (Å²) < 4.78 is 0. The molecule has 0 aliphatic heterocycles. The molecule has 0 bridgehead atoms. The van der Waals surface area contributed by atoms with Gasteiger partial charge in [-0.3, -0.25) is 9.78 Å². The number of carbonyl (C=O) groups excluding carboxylic acids is 1. The number of primary amides is 1. The molecule has 1 aromatic heterocycles. The highest BCUT2D eigenvalue weighted by Crippen LogP contribution is 2.11. The number of anilines is 2. The lowest BCUT2D eigenvalue weighted by Gasteiger charge is -2.19. The molecular weight excluding hydrogens is 218 g/mol. The van der Waals surface area contributed by atoms with Crippen molar-refractivity contribution in [3.05, 3.63) is 12.4 Å². The molecule has 1 amide bonds. The summed E-state index contributed by atoms with van der Waals surface area (Å²) in [6.07, 6.45) is 3.20. The number of hydrogen-bond acceptors (Lipinski definition) is 5. The van der Waals surface area contributed by atoms with Crippen molar-refractivity contribution in [1.29, 1.82) is 0 Å². The average Bonchev–Trinajstić information content (AvgIpc) is 2.26. The number of amides is 1. The van der Waals surface area contributed by atoms with E-state index in [4.69, 9.17) is 5.73 Å². The van der Waals surface area contributed by atoms with E-state index in [0.29, 0.717) is 11.6 Å². The summed E-state index contributed by atoms with van der Waals surface area (Å²) in [5.41, 5.74) is 5.32. The van der Waals surface area contributed by atoms with Crippen molar-refractivity contribution < 1.29 is 4.79 Å². The van der Waals surface area contributed by atoms with Crippen LogP contribution in [0.2, 0.25) is 0 Å². The van der Waals surface area contributed by atoms with Gasteiger partial charge in [0, 0.05) is 6.54 Å². The molecule has 17 heavy (non-hydrogen) atoms. The smallest absolute Gasteiger partial charge is 0.240 e. The van der Waals surface area contributed by atoms with Gasteiger partial charge in [-0.2, -0.15) is 0 Å². The zero-order valence-electron chi connectivity index (χ0n) is 10.4. The first-order chi connectivity index (χ1) is 8.04. The molecule has 1 unspecified atom stereocenters. The maximum absolute atomic E-state index is 11.3. The first kappa shape index (κ1) is 13.2. The van der Waals surface area contributed by atoms with Crippen molar-refractivity contribution in [2.24, 2.45) is 11.7 Å². The normalized spacial score (nSPS) is 12.2. The summed E-state index contributed by atoms with van der Waals surface area (Å²) in [7, 11) is 0. The van der Waals surface area contributed by atoms with Crippen LogP contribution in [0.4, 0.5) is 11.6 Å². The van der Waals surface area contributed by atoms with E-state index in [-0.39, 0.29) is 5.92 Å². The number of rotatable bonds is 6. The predicted octanol–water partition coefficient (Wildman–Crippen LogP) is 0.830. The van der Waals surface area contributed by atoms with E-state index in [9.17, 15) is 4.79 Å². The number of nitrogens with two attached hydrogens (primary N) is 1. The Bertz CT molecular complexity index is 380. The van der Waals surface area contributed by atoms with Gasteiger partial charge in [-0.15, -0.1) is 0 Å². The van der Waals surface area contributed by atoms with Crippen LogP contribution in [-0.4, -0.2) is 28.5 Å². The van der Waals surface area contributed by atoms with E-state index in [2.05, 4.69) is 20.6 Å². The molecule has 4 N–H and O–H groups in total. The minimum atomic E-state index is -0.443. The highest BCUT2D eigenvalue weighted by molar-refractivity contribution is 5.82. The Morgan fingerprint density at radius 1 is 1.41 bits per heavy atom. The van der Waals surface area contributed by atoms with Crippen LogP contribution in [0.15, 0.2) is 12.4 Å². The highest BCUT2D eigenvalue weighted by Gasteiger charge is 2.19. The summed E-state index contributed by atoms with van der Waals surface area (Å²) in [6, 6.07) is -0.443. The lowest BCUT2D eigenvalue weighted by atomic mass is 10.0. The van der Waals surface area contributed by atoms with Crippen LogP contribution in [0.3, 0.4) is 0 Å². The monoisotopic (exact) mass is 237 g/mol. The molecule has 1 atom stereocenters. The standard InChI is InChI=1S/C11H19N5O/c1-4-14-8-5-13-6-9(15-8)16-10(7(2)3)11(12)17/h5-7,10H,4H2,1-3H3,(H2,12,17)(H2,14,15,16). The summed E-state index contributed by atoms with van der Waals surface area (Å²) >= 11 is 0. The summed E-state index contributed by atoms with van der Waals surface area (Å²) in [4.78, 5) is 19.6. The summed E-state index contributed by atoms with van der Waals surface area (Å²) in [5.74, 6) is 0.915. The Kier molecular flexibility index (Phi) is 4.68. The summed E-state index contributed by atoms with van der Waals surface area (Å²) in [6.45, 7) is 6.58. The van der Waals surface area contributed by atoms with Gasteiger partial charge in [0.05, 0.1) is 12.4 Å². The molecule has 6 heteroatoms. The predicted molar refractivity (Wildman–Crippen MR) is 67.6 cm³/mol. The molecular formula is C11H19N5O. The second kappa shape index (κ2) is 6.03. The maximum atomic E-state index is 11.3. The number of nitrogens with one attached hydrogen (secondary N) is 2. The fourth-order valence-corrected chi connectivity index (χ4v) is 1.43. The van der Waals surface area contributed by atoms with Crippen LogP contribution in [0.25, 0.3) is 0 Å². The average molecular weight is 237 g/mol. The fraction of sp³-hybridized carbons (Fsp3) is 0.545. The molecule has 1 rings (SSSR count). The lowest BCUT2D eigenvalue weighted by molar-refractivity contribution is -0.119. The van der Waals surface area contributed by atoms with Crippen LogP contribution in [-0.2, 0) is 4.79 Å². The van der Waals surface area contributed by atoms with Crippen LogP contribution in [0, 0.1) is 5.92 Å². The molecule has 1 heterocycles. The zero-order valence-corrected chi connectivity index (χ0v) is 10.4. The Morgan fingerprint density at radius 3 is 2.59 bits per heavy atom. The van der Waals surface area contributed by atoms with E-state index in [0.717, 1.165) is 6.54 Å². The Balaban J connectivity index is 2.78. The molecule has 0 fully saturated rings. The molecule has 0 aliphatic rings. The minimum absolute atomic E-state index is 0.0945. The number of carbonyl (C=O) groups is 1. The van der Waals surface area contributed by atoms with Crippen LogP contribution < -0.4 is 16.4 Å². The third-order valence-electron chi connectivity index (χ3n) is 2.27. The van der Waals surface area contributed by atoms with Crippen molar-refractivity contribution in [3.63, 3.8) is 0 Å². The number of nitrogens with zero attached hydrogens (tertiary/aromatic N) is 2. The third-order valence-corrected chi connectivity index (χ3v) is 2.27. The Labute approximate surface area is 101 Å². The van der Waals surface area contributed by atoms with E-state index in [1.54, 1.807) is 12.4 Å². The van der Waals surface area contributed by atoms with Gasteiger partial charge >= 0.3 is 0 Å². The van der Waals surface area contributed by atoms with Crippen LogP contribution >= 0.6 is 0 Å². The fourth-order valence-electron chi connectivity index (χ4n) is 1.43. The quantitative estimate of drug-likeness (QED) is 0.681. The van der Waals surface area contributed by atoms with Crippen molar-refractivity contribution >= 4 is 17.5 Å². The lowest BCUT2D eigenvalue weighted by Crippen LogP contribution is -2.39.